The second-order valence-electron chi connectivity index (χ2n) is 6.34. The number of ether oxygens (including phenoxy) is 1. The third-order valence-electron chi connectivity index (χ3n) is 4.77. The van der Waals surface area contributed by atoms with Gasteiger partial charge in [0, 0.05) is 12.4 Å². The molecule has 1 aromatic heterocycles. The number of hydrogen-bond donors (Lipinski definition) is 1. The van der Waals surface area contributed by atoms with Crippen molar-refractivity contribution in [3.63, 3.8) is 0 Å². The van der Waals surface area contributed by atoms with E-state index in [4.69, 9.17) is 4.74 Å². The number of imidazole rings is 1. The molecule has 1 saturated heterocycles. The lowest BCUT2D eigenvalue weighted by molar-refractivity contribution is -0.0420. The van der Waals surface area contributed by atoms with E-state index < -0.39 is 0 Å². The van der Waals surface area contributed by atoms with Crippen LogP contribution in [0, 0.1) is 0 Å². The molecule has 3 rings (SSSR count). The summed E-state index contributed by atoms with van der Waals surface area (Å²) in [6.07, 6.45) is 13.3. The van der Waals surface area contributed by atoms with Crippen LogP contribution in [0.3, 0.4) is 0 Å². The predicted molar refractivity (Wildman–Crippen MR) is 79.5 cm³/mol. The Morgan fingerprint density at radius 3 is 3.05 bits per heavy atom. The zero-order chi connectivity index (χ0) is 13.8. The van der Waals surface area contributed by atoms with E-state index in [1.807, 2.05) is 6.20 Å². The fraction of sp³-hybridized carbons (Fsp3) is 0.812. The molecule has 2 fully saturated rings. The SMILES string of the molecule is CCCNCc1nccn1CC1CCC2(CCCC2)O1. The maximum absolute atomic E-state index is 6.39. The average Bonchev–Trinajstić information content (AvgIpc) is 3.16. The minimum absolute atomic E-state index is 0.242. The zero-order valence-corrected chi connectivity index (χ0v) is 12.6. The first kappa shape index (κ1) is 14.1. The van der Waals surface area contributed by atoms with E-state index >= 15 is 0 Å². The van der Waals surface area contributed by atoms with E-state index in [1.165, 1.54) is 38.5 Å². The second-order valence-corrected chi connectivity index (χ2v) is 6.34. The maximum atomic E-state index is 6.39. The Balaban J connectivity index is 1.54. The summed E-state index contributed by atoms with van der Waals surface area (Å²) in [4.78, 5) is 4.46. The van der Waals surface area contributed by atoms with Gasteiger partial charge in [-0.15, -0.1) is 0 Å². The summed E-state index contributed by atoms with van der Waals surface area (Å²) in [6.45, 7) is 5.06. The van der Waals surface area contributed by atoms with Crippen LogP contribution < -0.4 is 5.32 Å². The number of hydrogen-bond acceptors (Lipinski definition) is 3. The summed E-state index contributed by atoms with van der Waals surface area (Å²) < 4.78 is 8.66. The van der Waals surface area contributed by atoms with Crippen molar-refractivity contribution >= 4 is 0 Å². The third kappa shape index (κ3) is 3.07. The van der Waals surface area contributed by atoms with E-state index in [0.29, 0.717) is 6.10 Å². The molecular formula is C16H27N3O. The zero-order valence-electron chi connectivity index (χ0n) is 12.6. The Labute approximate surface area is 121 Å². The highest BCUT2D eigenvalue weighted by atomic mass is 16.5. The summed E-state index contributed by atoms with van der Waals surface area (Å²) >= 11 is 0. The number of rotatable bonds is 6. The van der Waals surface area contributed by atoms with Crippen LogP contribution in [-0.4, -0.2) is 27.8 Å². The van der Waals surface area contributed by atoms with E-state index in [-0.39, 0.29) is 5.60 Å². The Kier molecular flexibility index (Phi) is 4.41. The van der Waals surface area contributed by atoms with Crippen LogP contribution >= 0.6 is 0 Å². The first-order valence-corrected chi connectivity index (χ1v) is 8.20. The van der Waals surface area contributed by atoms with Crippen molar-refractivity contribution in [3.8, 4) is 0 Å². The van der Waals surface area contributed by atoms with Crippen molar-refractivity contribution in [1.82, 2.24) is 14.9 Å². The van der Waals surface area contributed by atoms with Gasteiger partial charge < -0.3 is 14.6 Å². The highest BCUT2D eigenvalue weighted by Gasteiger charge is 2.42. The molecule has 2 aliphatic rings. The van der Waals surface area contributed by atoms with Crippen molar-refractivity contribution < 1.29 is 4.74 Å². The van der Waals surface area contributed by atoms with Gasteiger partial charge in [0.05, 0.1) is 24.8 Å². The van der Waals surface area contributed by atoms with Gasteiger partial charge in [-0.3, -0.25) is 0 Å². The van der Waals surface area contributed by atoms with Crippen LogP contribution in [-0.2, 0) is 17.8 Å². The van der Waals surface area contributed by atoms with Gasteiger partial charge in [0.1, 0.15) is 5.82 Å². The fourth-order valence-electron chi connectivity index (χ4n) is 3.68. The smallest absolute Gasteiger partial charge is 0.122 e. The van der Waals surface area contributed by atoms with Gasteiger partial charge in [0.2, 0.25) is 0 Å². The van der Waals surface area contributed by atoms with Gasteiger partial charge in [-0.1, -0.05) is 19.8 Å². The third-order valence-corrected chi connectivity index (χ3v) is 4.77. The van der Waals surface area contributed by atoms with Gasteiger partial charge >= 0.3 is 0 Å². The molecule has 1 saturated carbocycles. The van der Waals surface area contributed by atoms with Crippen molar-refractivity contribution in [1.29, 1.82) is 0 Å². The van der Waals surface area contributed by atoms with E-state index in [9.17, 15) is 0 Å². The van der Waals surface area contributed by atoms with Crippen molar-refractivity contribution in [2.75, 3.05) is 6.54 Å². The molecule has 1 aliphatic heterocycles. The van der Waals surface area contributed by atoms with E-state index in [2.05, 4.69) is 28.0 Å². The Morgan fingerprint density at radius 2 is 2.25 bits per heavy atom. The lowest BCUT2D eigenvalue weighted by Gasteiger charge is -2.24. The van der Waals surface area contributed by atoms with Crippen LogP contribution in [0.5, 0.6) is 0 Å². The molecule has 1 atom stereocenters. The van der Waals surface area contributed by atoms with Crippen LogP contribution in [0.1, 0.15) is 57.7 Å². The minimum Gasteiger partial charge on any atom is -0.370 e. The molecular weight excluding hydrogens is 250 g/mol. The summed E-state index contributed by atoms with van der Waals surface area (Å²) in [7, 11) is 0. The summed E-state index contributed by atoms with van der Waals surface area (Å²) in [5.74, 6) is 1.13. The first-order chi connectivity index (χ1) is 9.81. The monoisotopic (exact) mass is 277 g/mol. The molecule has 0 aromatic carbocycles. The Bertz CT molecular complexity index is 423. The topological polar surface area (TPSA) is 39.1 Å². The standard InChI is InChI=1S/C16H27N3O/c1-2-9-17-12-15-18-10-11-19(15)13-14-5-8-16(20-14)6-3-4-7-16/h10-11,14,17H,2-9,12-13H2,1H3. The van der Waals surface area contributed by atoms with Crippen LogP contribution in [0.15, 0.2) is 12.4 Å². The highest BCUT2D eigenvalue weighted by Crippen LogP contribution is 2.43. The molecule has 4 heteroatoms. The predicted octanol–water partition coefficient (Wildman–Crippen LogP) is 2.87. The van der Waals surface area contributed by atoms with Crippen LogP contribution in [0.4, 0.5) is 0 Å². The van der Waals surface area contributed by atoms with Gasteiger partial charge in [-0.2, -0.15) is 0 Å². The van der Waals surface area contributed by atoms with Gasteiger partial charge in [0.15, 0.2) is 0 Å². The van der Waals surface area contributed by atoms with Crippen molar-refractivity contribution in [2.45, 2.75) is 76.7 Å². The average molecular weight is 277 g/mol. The number of aromatic nitrogens is 2. The lowest BCUT2D eigenvalue weighted by Crippen LogP contribution is -2.27. The number of nitrogens with zero attached hydrogens (tertiary/aromatic N) is 2. The first-order valence-electron chi connectivity index (χ1n) is 8.20. The quantitative estimate of drug-likeness (QED) is 0.813. The second kappa shape index (κ2) is 6.27. The molecule has 0 radical (unpaired) electrons. The highest BCUT2D eigenvalue weighted by molar-refractivity contribution is 4.96. The fourth-order valence-corrected chi connectivity index (χ4v) is 3.68. The van der Waals surface area contributed by atoms with E-state index in [1.54, 1.807) is 0 Å². The van der Waals surface area contributed by atoms with Crippen LogP contribution in [0.25, 0.3) is 0 Å². The van der Waals surface area contributed by atoms with Crippen molar-refractivity contribution in [3.05, 3.63) is 18.2 Å². The molecule has 0 amide bonds. The summed E-state index contributed by atoms with van der Waals surface area (Å²) in [5, 5.41) is 3.43. The molecule has 2 heterocycles. The molecule has 1 N–H and O–H groups in total. The van der Waals surface area contributed by atoms with E-state index in [0.717, 1.165) is 31.9 Å². The molecule has 20 heavy (non-hydrogen) atoms. The minimum atomic E-state index is 0.242. The van der Waals surface area contributed by atoms with Crippen LogP contribution in [0.2, 0.25) is 0 Å². The molecule has 0 bridgehead atoms. The normalized spacial score (nSPS) is 24.8. The number of nitrogens with one attached hydrogen (secondary N) is 1. The molecule has 112 valence electrons. The Morgan fingerprint density at radius 1 is 1.40 bits per heavy atom. The lowest BCUT2D eigenvalue weighted by atomic mass is 9.98. The Hall–Kier alpha value is -0.870. The molecule has 4 nitrogen and oxygen atoms in total. The summed E-state index contributed by atoms with van der Waals surface area (Å²) in [6, 6.07) is 0. The molecule has 1 aromatic rings. The molecule has 1 spiro atoms. The largest absolute Gasteiger partial charge is 0.370 e. The van der Waals surface area contributed by atoms with Gasteiger partial charge in [-0.25, -0.2) is 4.98 Å². The molecule has 1 unspecified atom stereocenters. The van der Waals surface area contributed by atoms with Gasteiger partial charge in [0.25, 0.3) is 0 Å². The molecule has 1 aliphatic carbocycles. The van der Waals surface area contributed by atoms with Gasteiger partial charge in [-0.05, 0) is 38.6 Å². The van der Waals surface area contributed by atoms with Crippen molar-refractivity contribution in [2.24, 2.45) is 0 Å². The summed E-state index contributed by atoms with van der Waals surface area (Å²) in [5.41, 5.74) is 0.242. The maximum Gasteiger partial charge on any atom is 0.122 e.